The Labute approximate surface area is 96.3 Å². The van der Waals surface area contributed by atoms with Gasteiger partial charge < -0.3 is 5.73 Å². The van der Waals surface area contributed by atoms with Gasteiger partial charge in [0.1, 0.15) is 11.9 Å². The summed E-state index contributed by atoms with van der Waals surface area (Å²) in [5, 5.41) is 27.7. The van der Waals surface area contributed by atoms with Gasteiger partial charge in [0.25, 0.3) is 0 Å². The van der Waals surface area contributed by atoms with Crippen LogP contribution < -0.4 is 11.2 Å². The van der Waals surface area contributed by atoms with Crippen molar-refractivity contribution in [3.05, 3.63) is 29.6 Å². The number of nitriles is 2. The molecular weight excluding hydrogens is 223 g/mol. The highest BCUT2D eigenvalue weighted by Crippen LogP contribution is 2.13. The van der Waals surface area contributed by atoms with Crippen LogP contribution in [0.15, 0.2) is 23.3 Å². The number of rotatable bonds is 3. The summed E-state index contributed by atoms with van der Waals surface area (Å²) in [6.07, 6.45) is 0. The molecule has 7 heteroatoms. The molecule has 0 saturated heterocycles. The summed E-state index contributed by atoms with van der Waals surface area (Å²) < 4.78 is 13.0. The number of benzene rings is 1. The molecule has 0 unspecified atom stereocenters. The molecule has 1 rings (SSSR count). The molecule has 0 fully saturated rings. The molecule has 1 aromatic carbocycles. The molecule has 6 nitrogen and oxygen atoms in total. The van der Waals surface area contributed by atoms with Gasteiger partial charge in [-0.1, -0.05) is 0 Å². The lowest BCUT2D eigenvalue weighted by Gasteiger charge is -2.01. The molecule has 0 aromatic heterocycles. The van der Waals surface area contributed by atoms with Crippen LogP contribution in [0.5, 0.6) is 0 Å². The molecule has 4 N–H and O–H groups in total. The van der Waals surface area contributed by atoms with Gasteiger partial charge in [0.05, 0.1) is 17.3 Å². The maximum atomic E-state index is 13.0. The Morgan fingerprint density at radius 1 is 1.41 bits per heavy atom. The minimum Gasteiger partial charge on any atom is -0.382 e. The van der Waals surface area contributed by atoms with E-state index < -0.39 is 11.7 Å². The van der Waals surface area contributed by atoms with Gasteiger partial charge in [0, 0.05) is 0 Å². The van der Waals surface area contributed by atoms with Gasteiger partial charge in [0.15, 0.2) is 5.84 Å². The lowest BCUT2D eigenvalue weighted by molar-refractivity contribution is 0.628. The maximum Gasteiger partial charge on any atom is 0.201 e. The standard InChI is InChI=1S/C10H7FN6/c11-7-1-6(4-12)2-8(3-7)16-17-9(5-13)10(14)15/h1-3,16H,(H3,14,15)/b17-9+. The Kier molecular flexibility index (Phi) is 3.74. The molecule has 17 heavy (non-hydrogen) atoms. The predicted molar refractivity (Wildman–Crippen MR) is 59.7 cm³/mol. The van der Waals surface area contributed by atoms with Gasteiger partial charge >= 0.3 is 0 Å². The van der Waals surface area contributed by atoms with Crippen molar-refractivity contribution in [3.63, 3.8) is 0 Å². The van der Waals surface area contributed by atoms with Crippen LogP contribution in [-0.4, -0.2) is 11.5 Å². The van der Waals surface area contributed by atoms with Crippen LogP contribution in [0.25, 0.3) is 0 Å². The van der Waals surface area contributed by atoms with Crippen LogP contribution in [0, 0.1) is 33.9 Å². The fourth-order valence-corrected chi connectivity index (χ4v) is 0.985. The summed E-state index contributed by atoms with van der Waals surface area (Å²) in [6, 6.07) is 6.87. The zero-order valence-corrected chi connectivity index (χ0v) is 8.53. The average molecular weight is 230 g/mol. The van der Waals surface area contributed by atoms with Gasteiger partial charge in [-0.2, -0.15) is 15.6 Å². The van der Waals surface area contributed by atoms with E-state index in [9.17, 15) is 4.39 Å². The molecule has 0 aliphatic carbocycles. The van der Waals surface area contributed by atoms with Crippen LogP contribution in [0.1, 0.15) is 5.56 Å². The number of nitrogens with one attached hydrogen (secondary N) is 2. The molecule has 0 bridgehead atoms. The lowest BCUT2D eigenvalue weighted by Crippen LogP contribution is -2.21. The Morgan fingerprint density at radius 2 is 2.12 bits per heavy atom. The number of halogens is 1. The van der Waals surface area contributed by atoms with Crippen molar-refractivity contribution in [1.29, 1.82) is 15.9 Å². The third-order valence-electron chi connectivity index (χ3n) is 1.68. The first kappa shape index (κ1) is 12.1. The third kappa shape index (κ3) is 3.29. The van der Waals surface area contributed by atoms with Gasteiger partial charge in [-0.05, 0) is 18.2 Å². The van der Waals surface area contributed by atoms with Gasteiger partial charge in [-0.25, -0.2) is 4.39 Å². The summed E-state index contributed by atoms with van der Waals surface area (Å²) in [5.74, 6) is -1.11. The van der Waals surface area contributed by atoms with Crippen LogP contribution in [0.3, 0.4) is 0 Å². The second-order valence-corrected chi connectivity index (χ2v) is 2.94. The molecule has 0 atom stereocenters. The summed E-state index contributed by atoms with van der Waals surface area (Å²) in [6.45, 7) is 0. The van der Waals surface area contributed by atoms with E-state index in [0.29, 0.717) is 0 Å². The molecule has 84 valence electrons. The van der Waals surface area contributed by atoms with E-state index in [1.54, 1.807) is 12.1 Å². The highest BCUT2D eigenvalue weighted by Gasteiger charge is 2.02. The number of hydrogen-bond donors (Lipinski definition) is 3. The first-order valence-corrected chi connectivity index (χ1v) is 4.35. The average Bonchev–Trinajstić information content (AvgIpc) is 2.28. The van der Waals surface area contributed by atoms with Crippen molar-refractivity contribution >= 4 is 17.2 Å². The number of anilines is 1. The molecule has 0 radical (unpaired) electrons. The van der Waals surface area contributed by atoms with E-state index in [1.165, 1.54) is 6.07 Å². The maximum absolute atomic E-state index is 13.0. The number of amidine groups is 1. The highest BCUT2D eigenvalue weighted by atomic mass is 19.1. The fourth-order valence-electron chi connectivity index (χ4n) is 0.985. The van der Waals surface area contributed by atoms with Gasteiger partial charge in [-0.15, -0.1) is 0 Å². The SMILES string of the molecule is N#C/C(=N\Nc1cc(F)cc(C#N)c1)C(=N)N. The molecule has 0 saturated carbocycles. The summed E-state index contributed by atoms with van der Waals surface area (Å²) in [4.78, 5) is 0. The smallest absolute Gasteiger partial charge is 0.201 e. The largest absolute Gasteiger partial charge is 0.382 e. The summed E-state index contributed by atoms with van der Waals surface area (Å²) >= 11 is 0. The molecule has 0 spiro atoms. The third-order valence-corrected chi connectivity index (χ3v) is 1.68. The minimum absolute atomic E-state index is 0.115. The predicted octanol–water partition coefficient (Wildman–Crippen LogP) is 0.925. The van der Waals surface area contributed by atoms with Crippen molar-refractivity contribution in [2.75, 3.05) is 5.43 Å². The van der Waals surface area contributed by atoms with E-state index in [1.807, 2.05) is 0 Å². The van der Waals surface area contributed by atoms with E-state index >= 15 is 0 Å². The number of nitrogens with zero attached hydrogens (tertiary/aromatic N) is 3. The molecule has 0 amide bonds. The number of hydrogen-bond acceptors (Lipinski definition) is 5. The fraction of sp³-hybridized carbons (Fsp3) is 0. The summed E-state index contributed by atoms with van der Waals surface area (Å²) in [5.41, 5.74) is 7.39. The van der Waals surface area contributed by atoms with Crippen molar-refractivity contribution < 1.29 is 4.39 Å². The van der Waals surface area contributed by atoms with E-state index in [2.05, 4.69) is 10.5 Å². The second kappa shape index (κ2) is 5.24. The van der Waals surface area contributed by atoms with E-state index in [-0.39, 0.29) is 17.0 Å². The quantitative estimate of drug-likeness (QED) is 0.406. The number of hydrazone groups is 1. The van der Waals surface area contributed by atoms with Gasteiger partial charge in [0.2, 0.25) is 5.71 Å². The molecule has 0 heterocycles. The van der Waals surface area contributed by atoms with Crippen molar-refractivity contribution in [2.45, 2.75) is 0 Å². The van der Waals surface area contributed by atoms with Crippen molar-refractivity contribution in [2.24, 2.45) is 10.8 Å². The van der Waals surface area contributed by atoms with Gasteiger partial charge in [-0.3, -0.25) is 10.8 Å². The second-order valence-electron chi connectivity index (χ2n) is 2.94. The van der Waals surface area contributed by atoms with Crippen molar-refractivity contribution in [1.82, 2.24) is 0 Å². The zero-order chi connectivity index (χ0) is 12.8. The molecule has 0 aliphatic rings. The first-order valence-electron chi connectivity index (χ1n) is 4.35. The topological polar surface area (TPSA) is 122 Å². The minimum atomic E-state index is -0.608. The van der Waals surface area contributed by atoms with E-state index in [4.69, 9.17) is 21.7 Å². The first-order chi connectivity index (χ1) is 8.06. The van der Waals surface area contributed by atoms with Crippen molar-refractivity contribution in [3.8, 4) is 12.1 Å². The summed E-state index contributed by atoms with van der Waals surface area (Å²) in [7, 11) is 0. The zero-order valence-electron chi connectivity index (χ0n) is 8.53. The Morgan fingerprint density at radius 3 is 2.65 bits per heavy atom. The lowest BCUT2D eigenvalue weighted by atomic mass is 10.2. The van der Waals surface area contributed by atoms with Crippen LogP contribution in [0.2, 0.25) is 0 Å². The molecule has 0 aliphatic heterocycles. The molecular formula is C10H7FN6. The van der Waals surface area contributed by atoms with Crippen LogP contribution in [0.4, 0.5) is 10.1 Å². The Hall–Kier alpha value is -2.93. The monoisotopic (exact) mass is 230 g/mol. The van der Waals surface area contributed by atoms with E-state index in [0.717, 1.165) is 12.1 Å². The molecule has 1 aromatic rings. The van der Waals surface area contributed by atoms with Crippen LogP contribution in [-0.2, 0) is 0 Å². The number of nitrogens with two attached hydrogens (primary N) is 1. The Balaban J connectivity index is 2.98. The highest BCUT2D eigenvalue weighted by molar-refractivity contribution is 6.45. The van der Waals surface area contributed by atoms with Crippen LogP contribution >= 0.6 is 0 Å². The normalized spacial score (nSPS) is 10.2. The Bertz CT molecular complexity index is 563.